The number of nitrogens with zero attached hydrogens (tertiary/aromatic N) is 4. The number of quaternary nitrogens is 1. The van der Waals surface area contributed by atoms with Crippen LogP contribution >= 0.6 is 0 Å². The van der Waals surface area contributed by atoms with Crippen molar-refractivity contribution in [1.29, 1.82) is 0 Å². The number of fused-ring (bicyclic) bond motifs is 2. The van der Waals surface area contributed by atoms with Gasteiger partial charge in [-0.3, -0.25) is 5.32 Å². The first kappa shape index (κ1) is 13.7. The molecule has 2 bridgehead atoms. The summed E-state index contributed by atoms with van der Waals surface area (Å²) in [6.45, 7) is 2.47. The fourth-order valence-electron chi connectivity index (χ4n) is 3.79. The summed E-state index contributed by atoms with van der Waals surface area (Å²) >= 11 is 0. The molecule has 1 N–H and O–H groups in total. The first-order valence-electron chi connectivity index (χ1n) is 7.54. The second kappa shape index (κ2) is 4.79. The number of rotatable bonds is 2. The molecule has 3 fully saturated rings. The van der Waals surface area contributed by atoms with Crippen LogP contribution in [0.15, 0.2) is 17.4 Å². The van der Waals surface area contributed by atoms with Gasteiger partial charge in [0.25, 0.3) is 6.02 Å². The molecule has 1 spiro atoms. The third-order valence-electron chi connectivity index (χ3n) is 4.95. The number of aliphatic imine (C=N–C) groups is 1. The summed E-state index contributed by atoms with van der Waals surface area (Å²) in [5.41, 5.74) is -0.433. The van der Waals surface area contributed by atoms with Crippen molar-refractivity contribution in [3.05, 3.63) is 17.6 Å². The summed E-state index contributed by atoms with van der Waals surface area (Å²) in [5, 5.41) is 15.6. The van der Waals surface area contributed by atoms with Gasteiger partial charge in [-0.05, 0) is 0 Å². The molecule has 3 saturated heterocycles. The fourth-order valence-corrected chi connectivity index (χ4v) is 3.79. The Kier molecular flexibility index (Phi) is 2.98. The van der Waals surface area contributed by atoms with Crippen LogP contribution in [0.3, 0.4) is 0 Å². The van der Waals surface area contributed by atoms with Crippen molar-refractivity contribution in [3.8, 4) is 5.88 Å². The number of hydrogen-bond acceptors (Lipinski definition) is 7. The average molecular weight is 305 g/mol. The first-order chi connectivity index (χ1) is 10.6. The third kappa shape index (κ3) is 2.19. The Morgan fingerprint density at radius 3 is 2.95 bits per heavy atom. The minimum Gasteiger partial charge on any atom is -0.633 e. The summed E-state index contributed by atoms with van der Waals surface area (Å²) in [5.74, 6) is 1.46. The van der Waals surface area contributed by atoms with Crippen molar-refractivity contribution >= 4 is 11.8 Å². The molecule has 1 aromatic heterocycles. The number of ether oxygens (including phenoxy) is 2. The normalized spacial score (nSPS) is 36.1. The van der Waals surface area contributed by atoms with Gasteiger partial charge in [0, 0.05) is 24.8 Å². The van der Waals surface area contributed by atoms with Gasteiger partial charge in [0.15, 0.2) is 5.60 Å². The summed E-state index contributed by atoms with van der Waals surface area (Å²) in [7, 11) is 1.55. The van der Waals surface area contributed by atoms with E-state index in [9.17, 15) is 5.21 Å². The Hall–Kier alpha value is -1.93. The summed E-state index contributed by atoms with van der Waals surface area (Å²) in [6.07, 6.45) is 3.26. The molecule has 0 radical (unpaired) electrons. The number of methoxy groups -OCH3 is 1. The third-order valence-corrected chi connectivity index (χ3v) is 4.95. The van der Waals surface area contributed by atoms with Crippen molar-refractivity contribution in [3.63, 3.8) is 0 Å². The smallest absolute Gasteiger partial charge is 0.291 e. The number of anilines is 1. The lowest BCUT2D eigenvalue weighted by Gasteiger charge is -2.58. The van der Waals surface area contributed by atoms with E-state index in [0.717, 1.165) is 12.8 Å². The lowest BCUT2D eigenvalue weighted by atomic mass is 9.75. The van der Waals surface area contributed by atoms with Crippen molar-refractivity contribution in [2.45, 2.75) is 18.4 Å². The van der Waals surface area contributed by atoms with Gasteiger partial charge < -0.3 is 19.3 Å². The van der Waals surface area contributed by atoms with Gasteiger partial charge in [0.2, 0.25) is 5.88 Å². The Morgan fingerprint density at radius 2 is 2.23 bits per heavy atom. The van der Waals surface area contributed by atoms with Gasteiger partial charge in [-0.1, -0.05) is 0 Å². The number of nitrogens with one attached hydrogen (secondary N) is 1. The molecule has 4 aliphatic heterocycles. The monoisotopic (exact) mass is 305 g/mol. The van der Waals surface area contributed by atoms with Crippen LogP contribution in [-0.2, 0) is 4.74 Å². The van der Waals surface area contributed by atoms with Crippen molar-refractivity contribution in [2.24, 2.45) is 10.9 Å². The second-order valence-electron chi connectivity index (χ2n) is 6.30. The average Bonchev–Trinajstić information content (AvgIpc) is 2.90. The quantitative estimate of drug-likeness (QED) is 0.640. The SMILES string of the molecule is COc1cc(NC2=NC[C@@]3(C[N+]4([O-])CCC3CC4)O2)ncn1. The van der Waals surface area contributed by atoms with Crippen molar-refractivity contribution in [2.75, 3.05) is 38.6 Å². The van der Waals surface area contributed by atoms with Crippen LogP contribution in [0.2, 0.25) is 0 Å². The van der Waals surface area contributed by atoms with Gasteiger partial charge in [0.05, 0.1) is 26.7 Å². The standard InChI is InChI=1S/C14H19N5O3/c1-21-12-6-11(16-9-17-12)18-13-15-7-14(22-13)8-19(20)4-2-10(14)3-5-19/h6,9-10H,2-5,7-8H2,1H3,(H,15,16,17,18)/t10?,14-,19?/m0/s1. The molecule has 0 amide bonds. The summed E-state index contributed by atoms with van der Waals surface area (Å²) in [6, 6.07) is 2.11. The first-order valence-corrected chi connectivity index (χ1v) is 7.54. The molecule has 5 heterocycles. The van der Waals surface area contributed by atoms with Gasteiger partial charge in [-0.2, -0.15) is 0 Å². The van der Waals surface area contributed by atoms with Gasteiger partial charge in [-0.25, -0.2) is 15.0 Å². The molecule has 4 aliphatic rings. The second-order valence-corrected chi connectivity index (χ2v) is 6.30. The number of piperidine rings is 3. The van der Waals surface area contributed by atoms with Crippen LogP contribution in [0.1, 0.15) is 12.8 Å². The van der Waals surface area contributed by atoms with E-state index < -0.39 is 5.60 Å². The van der Waals surface area contributed by atoms with Gasteiger partial charge in [-0.15, -0.1) is 0 Å². The van der Waals surface area contributed by atoms with E-state index in [0.29, 0.717) is 49.8 Å². The van der Waals surface area contributed by atoms with Crippen LogP contribution in [0.25, 0.3) is 0 Å². The molecular formula is C14H19N5O3. The maximum atomic E-state index is 12.6. The number of aromatic nitrogens is 2. The predicted octanol–water partition coefficient (Wildman–Crippen LogP) is 0.760. The summed E-state index contributed by atoms with van der Waals surface area (Å²) in [4.78, 5) is 12.5. The zero-order chi connectivity index (χ0) is 15.2. The van der Waals surface area contributed by atoms with E-state index in [2.05, 4.69) is 20.3 Å². The Labute approximate surface area is 128 Å². The highest BCUT2D eigenvalue weighted by molar-refractivity contribution is 5.89. The summed E-state index contributed by atoms with van der Waals surface area (Å²) < 4.78 is 11.0. The molecule has 22 heavy (non-hydrogen) atoms. The highest BCUT2D eigenvalue weighted by atomic mass is 16.6. The van der Waals surface area contributed by atoms with E-state index in [-0.39, 0.29) is 4.65 Å². The highest BCUT2D eigenvalue weighted by Gasteiger charge is 2.56. The maximum absolute atomic E-state index is 12.6. The molecule has 8 heteroatoms. The van der Waals surface area contributed by atoms with E-state index in [1.165, 1.54) is 6.33 Å². The number of hydroxylamine groups is 3. The van der Waals surface area contributed by atoms with E-state index in [4.69, 9.17) is 9.47 Å². The molecule has 0 aromatic carbocycles. The Bertz CT molecular complexity index is 614. The lowest BCUT2D eigenvalue weighted by molar-refractivity contribution is -0.905. The molecule has 118 valence electrons. The molecule has 1 aromatic rings. The zero-order valence-electron chi connectivity index (χ0n) is 12.5. The zero-order valence-corrected chi connectivity index (χ0v) is 12.5. The molecule has 0 aliphatic carbocycles. The van der Waals surface area contributed by atoms with Crippen molar-refractivity contribution in [1.82, 2.24) is 9.97 Å². The molecular weight excluding hydrogens is 286 g/mol. The minimum absolute atomic E-state index is 0.138. The van der Waals surface area contributed by atoms with Crippen LogP contribution in [0.5, 0.6) is 5.88 Å². The predicted molar refractivity (Wildman–Crippen MR) is 79.3 cm³/mol. The topological polar surface area (TPSA) is 91.7 Å². The van der Waals surface area contributed by atoms with Crippen LogP contribution in [0.4, 0.5) is 5.82 Å². The van der Waals surface area contributed by atoms with Gasteiger partial charge in [0.1, 0.15) is 18.7 Å². The van der Waals surface area contributed by atoms with Crippen LogP contribution < -0.4 is 10.1 Å². The fraction of sp³-hybridized carbons (Fsp3) is 0.643. The Balaban J connectivity index is 1.48. The van der Waals surface area contributed by atoms with Crippen molar-refractivity contribution < 1.29 is 14.1 Å². The van der Waals surface area contributed by atoms with Crippen LogP contribution in [0, 0.1) is 11.1 Å². The van der Waals surface area contributed by atoms with E-state index in [1.54, 1.807) is 13.2 Å². The van der Waals surface area contributed by atoms with Crippen LogP contribution in [-0.4, -0.2) is 59.5 Å². The van der Waals surface area contributed by atoms with E-state index >= 15 is 0 Å². The molecule has 1 atom stereocenters. The Morgan fingerprint density at radius 1 is 1.41 bits per heavy atom. The molecule has 0 unspecified atom stereocenters. The largest absolute Gasteiger partial charge is 0.633 e. The van der Waals surface area contributed by atoms with E-state index in [1.807, 2.05) is 0 Å². The highest BCUT2D eigenvalue weighted by Crippen LogP contribution is 2.44. The van der Waals surface area contributed by atoms with Gasteiger partial charge >= 0.3 is 0 Å². The number of hydrogen-bond donors (Lipinski definition) is 1. The molecule has 5 rings (SSSR count). The molecule has 8 nitrogen and oxygen atoms in total. The number of amidine groups is 1. The lowest BCUT2D eigenvalue weighted by Crippen LogP contribution is -2.67. The maximum Gasteiger partial charge on any atom is 0.291 e. The minimum atomic E-state index is -0.433. The molecule has 0 saturated carbocycles.